The molecule has 1 aromatic carbocycles. The zero-order valence-corrected chi connectivity index (χ0v) is 15.1. The number of rotatable bonds is 5. The summed E-state index contributed by atoms with van der Waals surface area (Å²) >= 11 is 0. The molecule has 1 aromatic rings. The van der Waals surface area contributed by atoms with E-state index in [1.54, 1.807) is 0 Å². The summed E-state index contributed by atoms with van der Waals surface area (Å²) in [6.45, 7) is 11.4. The molecule has 0 bridgehead atoms. The normalized spacial score (nSPS) is 11.2. The summed E-state index contributed by atoms with van der Waals surface area (Å²) < 4.78 is 0. The van der Waals surface area contributed by atoms with Crippen molar-refractivity contribution in [2.45, 2.75) is 46.5 Å². The van der Waals surface area contributed by atoms with E-state index in [-0.39, 0.29) is 17.9 Å². The van der Waals surface area contributed by atoms with Crippen molar-refractivity contribution >= 4 is 11.9 Å². The Morgan fingerprint density at radius 2 is 1.70 bits per heavy atom. The van der Waals surface area contributed by atoms with Crippen LogP contribution in [-0.4, -0.2) is 37.0 Å². The lowest BCUT2D eigenvalue weighted by Crippen LogP contribution is -2.41. The van der Waals surface area contributed by atoms with E-state index >= 15 is 0 Å². The van der Waals surface area contributed by atoms with E-state index < -0.39 is 6.03 Å². The van der Waals surface area contributed by atoms with Gasteiger partial charge in [0.15, 0.2) is 0 Å². The lowest BCUT2D eigenvalue weighted by atomic mass is 9.83. The minimum atomic E-state index is -0.607. The van der Waals surface area contributed by atoms with Crippen LogP contribution >= 0.6 is 0 Å². The molecule has 0 heterocycles. The number of primary amides is 1. The molecule has 0 radical (unpaired) electrons. The van der Waals surface area contributed by atoms with E-state index in [2.05, 4.69) is 52.1 Å². The van der Waals surface area contributed by atoms with Crippen LogP contribution in [-0.2, 0) is 16.6 Å². The van der Waals surface area contributed by atoms with Crippen molar-refractivity contribution in [2.24, 2.45) is 5.73 Å². The average molecular weight is 319 g/mol. The minimum Gasteiger partial charge on any atom is -0.354 e. The first kappa shape index (κ1) is 19.0. The maximum atomic E-state index is 11.7. The first-order chi connectivity index (χ1) is 10.5. The van der Waals surface area contributed by atoms with E-state index in [1.165, 1.54) is 34.2 Å². The molecular formula is C18H29N3O2. The first-order valence-electron chi connectivity index (χ1n) is 7.90. The fourth-order valence-corrected chi connectivity index (χ4v) is 2.50. The second kappa shape index (κ2) is 7.49. The van der Waals surface area contributed by atoms with Gasteiger partial charge in [-0.1, -0.05) is 32.9 Å². The van der Waals surface area contributed by atoms with Gasteiger partial charge in [0.1, 0.15) is 6.54 Å². The van der Waals surface area contributed by atoms with Crippen LogP contribution < -0.4 is 11.1 Å². The van der Waals surface area contributed by atoms with Crippen LogP contribution in [0.3, 0.4) is 0 Å². The number of hydrogen-bond acceptors (Lipinski definition) is 2. The fraction of sp³-hybridized carbons (Fsp3) is 0.556. The number of carbonyl (C=O) groups excluding carboxylic acids is 2. The molecule has 0 spiro atoms. The molecule has 0 atom stereocenters. The highest BCUT2D eigenvalue weighted by Gasteiger charge is 2.16. The summed E-state index contributed by atoms with van der Waals surface area (Å²) in [5.74, 6) is -0.201. The van der Waals surface area contributed by atoms with Crippen molar-refractivity contribution in [1.29, 1.82) is 0 Å². The van der Waals surface area contributed by atoms with Crippen LogP contribution in [0.15, 0.2) is 12.1 Å². The summed E-state index contributed by atoms with van der Waals surface area (Å²) in [7, 11) is 1.50. The molecule has 5 heteroatoms. The number of nitrogens with one attached hydrogen (secondary N) is 1. The van der Waals surface area contributed by atoms with E-state index in [1.807, 2.05) is 0 Å². The van der Waals surface area contributed by atoms with Gasteiger partial charge in [0.2, 0.25) is 5.91 Å². The van der Waals surface area contributed by atoms with Gasteiger partial charge in [-0.05, 0) is 47.9 Å². The lowest BCUT2D eigenvalue weighted by molar-refractivity contribution is -0.121. The minimum absolute atomic E-state index is 0.0176. The molecule has 0 fully saturated rings. The van der Waals surface area contributed by atoms with Crippen LogP contribution in [0.5, 0.6) is 0 Å². The highest BCUT2D eigenvalue weighted by molar-refractivity contribution is 5.83. The molecule has 5 nitrogen and oxygen atoms in total. The van der Waals surface area contributed by atoms with E-state index in [9.17, 15) is 9.59 Å². The summed E-state index contributed by atoms with van der Waals surface area (Å²) in [6.07, 6.45) is 0.772. The zero-order chi connectivity index (χ0) is 17.8. The molecule has 23 heavy (non-hydrogen) atoms. The van der Waals surface area contributed by atoms with Crippen molar-refractivity contribution in [3.05, 3.63) is 34.4 Å². The molecule has 0 aromatic heterocycles. The maximum Gasteiger partial charge on any atom is 0.314 e. The number of benzene rings is 1. The molecule has 0 saturated carbocycles. The number of hydrogen-bond donors (Lipinski definition) is 2. The predicted octanol–water partition coefficient (Wildman–Crippen LogP) is 2.27. The second-order valence-corrected chi connectivity index (χ2v) is 7.13. The van der Waals surface area contributed by atoms with Gasteiger partial charge in [-0.2, -0.15) is 0 Å². The first-order valence-corrected chi connectivity index (χ1v) is 7.90. The van der Waals surface area contributed by atoms with Crippen LogP contribution in [0.4, 0.5) is 4.79 Å². The number of amides is 3. The topological polar surface area (TPSA) is 75.4 Å². The lowest BCUT2D eigenvalue weighted by Gasteiger charge is -2.22. The Labute approximate surface area is 139 Å². The molecule has 0 saturated heterocycles. The van der Waals surface area contributed by atoms with Gasteiger partial charge < -0.3 is 16.0 Å². The molecule has 0 aliphatic heterocycles. The number of nitrogens with two attached hydrogens (primary N) is 1. The van der Waals surface area contributed by atoms with Gasteiger partial charge in [-0.15, -0.1) is 0 Å². The van der Waals surface area contributed by atoms with Gasteiger partial charge in [-0.25, -0.2) is 4.79 Å². The Balaban J connectivity index is 2.66. The van der Waals surface area contributed by atoms with Crippen LogP contribution in [0.1, 0.15) is 43.0 Å². The number of carbonyl (C=O) groups is 2. The quantitative estimate of drug-likeness (QED) is 0.873. The van der Waals surface area contributed by atoms with Crippen LogP contribution in [0.2, 0.25) is 0 Å². The number of nitrogens with zero attached hydrogens (tertiary/aromatic N) is 1. The highest BCUT2D eigenvalue weighted by atomic mass is 16.2. The van der Waals surface area contributed by atoms with Crippen LogP contribution in [0.25, 0.3) is 0 Å². The van der Waals surface area contributed by atoms with E-state index in [0.717, 1.165) is 6.42 Å². The Kier molecular flexibility index (Phi) is 6.19. The third-order valence-electron chi connectivity index (χ3n) is 4.02. The summed E-state index contributed by atoms with van der Waals surface area (Å²) in [4.78, 5) is 23.8. The molecule has 3 amide bonds. The Hall–Kier alpha value is -2.04. The molecule has 128 valence electrons. The Morgan fingerprint density at radius 1 is 1.17 bits per heavy atom. The molecule has 0 aliphatic carbocycles. The molecule has 0 aliphatic rings. The molecule has 1 rings (SSSR count). The van der Waals surface area contributed by atoms with Crippen molar-refractivity contribution in [1.82, 2.24) is 10.2 Å². The number of likely N-dealkylation sites (N-methyl/N-ethyl adjacent to an activating group) is 1. The second-order valence-electron chi connectivity index (χ2n) is 7.13. The monoisotopic (exact) mass is 319 g/mol. The SMILES string of the molecule is Cc1cc(C(C)(C)C)cc(C)c1CCNC(=O)CN(C)C(N)=O. The third-order valence-corrected chi connectivity index (χ3v) is 4.02. The van der Waals surface area contributed by atoms with Gasteiger partial charge >= 0.3 is 6.03 Å². The maximum absolute atomic E-state index is 11.7. The molecular weight excluding hydrogens is 290 g/mol. The zero-order valence-electron chi connectivity index (χ0n) is 15.1. The number of urea groups is 1. The van der Waals surface area contributed by atoms with Crippen molar-refractivity contribution in [3.8, 4) is 0 Å². The summed E-state index contributed by atoms with van der Waals surface area (Å²) in [5.41, 5.74) is 10.3. The third kappa shape index (κ3) is 5.58. The van der Waals surface area contributed by atoms with Crippen LogP contribution in [0, 0.1) is 13.8 Å². The Morgan fingerprint density at radius 3 is 2.13 bits per heavy atom. The summed E-state index contributed by atoms with van der Waals surface area (Å²) in [5, 5.41) is 2.83. The highest BCUT2D eigenvalue weighted by Crippen LogP contribution is 2.26. The summed E-state index contributed by atoms with van der Waals surface area (Å²) in [6, 6.07) is 3.85. The molecule has 0 unspecified atom stereocenters. The molecule has 3 N–H and O–H groups in total. The largest absolute Gasteiger partial charge is 0.354 e. The van der Waals surface area contributed by atoms with Crippen molar-refractivity contribution in [3.63, 3.8) is 0 Å². The predicted molar refractivity (Wildman–Crippen MR) is 93.5 cm³/mol. The van der Waals surface area contributed by atoms with Gasteiger partial charge in [-0.3, -0.25) is 4.79 Å². The van der Waals surface area contributed by atoms with Crippen molar-refractivity contribution < 1.29 is 9.59 Å². The average Bonchev–Trinajstić information content (AvgIpc) is 2.40. The van der Waals surface area contributed by atoms with E-state index in [4.69, 9.17) is 5.73 Å². The van der Waals surface area contributed by atoms with E-state index in [0.29, 0.717) is 6.54 Å². The van der Waals surface area contributed by atoms with Gasteiger partial charge in [0, 0.05) is 13.6 Å². The number of aryl methyl sites for hydroxylation is 2. The fourth-order valence-electron chi connectivity index (χ4n) is 2.50. The standard InChI is InChI=1S/C18H29N3O2/c1-12-9-14(18(3,4)5)10-13(2)15(12)7-8-20-16(22)11-21(6)17(19)23/h9-10H,7-8,11H2,1-6H3,(H2,19,23)(H,20,22). The van der Waals surface area contributed by atoms with Crippen molar-refractivity contribution in [2.75, 3.05) is 20.1 Å². The van der Waals surface area contributed by atoms with Gasteiger partial charge in [0.25, 0.3) is 0 Å². The smallest absolute Gasteiger partial charge is 0.314 e. The Bertz CT molecular complexity index is 565. The van der Waals surface area contributed by atoms with Gasteiger partial charge in [0.05, 0.1) is 0 Å².